The van der Waals surface area contributed by atoms with E-state index in [1.54, 1.807) is 19.1 Å². The second-order valence-electron chi connectivity index (χ2n) is 5.61. The molecule has 130 valence electrons. The van der Waals surface area contributed by atoms with Crippen LogP contribution < -0.4 is 15.4 Å². The molecule has 23 heavy (non-hydrogen) atoms. The maximum Gasteiger partial charge on any atom is 0.244 e. The number of benzene rings is 1. The first kappa shape index (κ1) is 19.9. The summed E-state index contributed by atoms with van der Waals surface area (Å²) in [5.41, 5.74) is 0.579. The van der Waals surface area contributed by atoms with Gasteiger partial charge >= 0.3 is 0 Å². The molecule has 1 aromatic carbocycles. The smallest absolute Gasteiger partial charge is 0.244 e. The Morgan fingerprint density at radius 2 is 2.09 bits per heavy atom. The van der Waals surface area contributed by atoms with Crippen LogP contribution in [0.25, 0.3) is 0 Å². The van der Waals surface area contributed by atoms with Crippen molar-refractivity contribution in [2.24, 2.45) is 0 Å². The highest BCUT2D eigenvalue weighted by atomic mass is 35.5. The molecule has 1 unspecified atom stereocenters. The van der Waals surface area contributed by atoms with Crippen molar-refractivity contribution in [3.63, 3.8) is 0 Å². The van der Waals surface area contributed by atoms with Gasteiger partial charge in [0.25, 0.3) is 0 Å². The lowest BCUT2D eigenvalue weighted by Crippen LogP contribution is -2.50. The molecule has 1 fully saturated rings. The van der Waals surface area contributed by atoms with Crippen molar-refractivity contribution < 1.29 is 13.2 Å². The first-order chi connectivity index (χ1) is 10.3. The van der Waals surface area contributed by atoms with Crippen molar-refractivity contribution in [2.45, 2.75) is 43.5 Å². The van der Waals surface area contributed by atoms with Crippen LogP contribution in [0.15, 0.2) is 23.1 Å². The van der Waals surface area contributed by atoms with Gasteiger partial charge in [-0.05, 0) is 57.5 Å². The molecule has 0 aliphatic carbocycles. The third-order valence-electron chi connectivity index (χ3n) is 4.29. The van der Waals surface area contributed by atoms with E-state index >= 15 is 0 Å². The third kappa shape index (κ3) is 4.03. The second-order valence-corrected chi connectivity index (χ2v) is 7.46. The second kappa shape index (κ2) is 7.61. The van der Waals surface area contributed by atoms with Gasteiger partial charge in [-0.15, -0.1) is 12.4 Å². The first-order valence-corrected chi connectivity index (χ1v) is 8.93. The molecule has 1 aliphatic rings. The van der Waals surface area contributed by atoms with E-state index in [1.807, 2.05) is 6.92 Å². The highest BCUT2D eigenvalue weighted by Gasteiger charge is 2.39. The normalized spacial score (nSPS) is 20.8. The molecule has 6 nitrogen and oxygen atoms in total. The number of hydrogen-bond donors (Lipinski definition) is 3. The molecule has 0 bridgehead atoms. The Morgan fingerprint density at radius 1 is 1.39 bits per heavy atom. The molecule has 1 amide bonds. The van der Waals surface area contributed by atoms with Crippen molar-refractivity contribution in [3.8, 4) is 0 Å². The van der Waals surface area contributed by atoms with Crippen LogP contribution in [0.5, 0.6) is 0 Å². The van der Waals surface area contributed by atoms with Crippen LogP contribution in [-0.4, -0.2) is 33.5 Å². The van der Waals surface area contributed by atoms with E-state index in [0.717, 1.165) is 19.4 Å². The van der Waals surface area contributed by atoms with Gasteiger partial charge in [0.15, 0.2) is 0 Å². The molecule has 0 spiro atoms. The summed E-state index contributed by atoms with van der Waals surface area (Å²) in [5, 5.41) is 6.11. The van der Waals surface area contributed by atoms with Crippen molar-refractivity contribution in [3.05, 3.63) is 23.8 Å². The molecule has 3 N–H and O–H groups in total. The molecule has 1 saturated heterocycles. The van der Waals surface area contributed by atoms with Crippen molar-refractivity contribution in [1.29, 1.82) is 0 Å². The number of halogens is 1. The van der Waals surface area contributed by atoms with Gasteiger partial charge in [-0.2, -0.15) is 0 Å². The highest BCUT2D eigenvalue weighted by Crippen LogP contribution is 2.26. The fraction of sp³-hybridized carbons (Fsp3) is 0.533. The van der Waals surface area contributed by atoms with Crippen LogP contribution in [-0.2, 0) is 14.8 Å². The number of aryl methyl sites for hydroxylation is 1. The van der Waals surface area contributed by atoms with Gasteiger partial charge in [-0.25, -0.2) is 13.1 Å². The Morgan fingerprint density at radius 3 is 2.61 bits per heavy atom. The molecule has 0 aromatic heterocycles. The van der Waals surface area contributed by atoms with Gasteiger partial charge in [0.2, 0.25) is 15.9 Å². The Balaban J connectivity index is 0.00000264. The van der Waals surface area contributed by atoms with Gasteiger partial charge in [0, 0.05) is 5.69 Å². The van der Waals surface area contributed by atoms with Gasteiger partial charge in [0.05, 0.1) is 10.4 Å². The van der Waals surface area contributed by atoms with E-state index in [4.69, 9.17) is 0 Å². The Kier molecular flexibility index (Phi) is 6.59. The molecule has 0 radical (unpaired) electrons. The van der Waals surface area contributed by atoms with Gasteiger partial charge in [-0.1, -0.05) is 13.0 Å². The minimum atomic E-state index is -3.54. The van der Waals surface area contributed by atoms with E-state index in [1.165, 1.54) is 13.1 Å². The predicted octanol–water partition coefficient (Wildman–Crippen LogP) is 1.80. The summed E-state index contributed by atoms with van der Waals surface area (Å²) in [6.07, 6.45) is 2.46. The molecule has 2 rings (SSSR count). The number of rotatable bonds is 5. The first-order valence-electron chi connectivity index (χ1n) is 7.45. The topological polar surface area (TPSA) is 87.3 Å². The summed E-state index contributed by atoms with van der Waals surface area (Å²) in [7, 11) is -2.17. The summed E-state index contributed by atoms with van der Waals surface area (Å²) >= 11 is 0. The lowest BCUT2D eigenvalue weighted by molar-refractivity contribution is -0.122. The zero-order chi connectivity index (χ0) is 16.4. The third-order valence-corrected chi connectivity index (χ3v) is 5.84. The fourth-order valence-electron chi connectivity index (χ4n) is 2.79. The summed E-state index contributed by atoms with van der Waals surface area (Å²) in [4.78, 5) is 12.7. The SMILES string of the molecule is CCC1(C(=O)Nc2ccc(C)c(S(=O)(=O)NC)c2)CCCN1.Cl. The number of hydrogen-bond acceptors (Lipinski definition) is 4. The largest absolute Gasteiger partial charge is 0.324 e. The van der Waals surface area contributed by atoms with E-state index in [2.05, 4.69) is 15.4 Å². The molecular weight excluding hydrogens is 338 g/mol. The average molecular weight is 362 g/mol. The lowest BCUT2D eigenvalue weighted by atomic mass is 9.93. The number of carbonyl (C=O) groups is 1. The number of anilines is 1. The number of sulfonamides is 1. The van der Waals surface area contributed by atoms with E-state index in [9.17, 15) is 13.2 Å². The monoisotopic (exact) mass is 361 g/mol. The maximum absolute atomic E-state index is 12.5. The van der Waals surface area contributed by atoms with Gasteiger partial charge < -0.3 is 10.6 Å². The predicted molar refractivity (Wildman–Crippen MR) is 93.6 cm³/mol. The van der Waals surface area contributed by atoms with Crippen LogP contribution in [0, 0.1) is 6.92 Å². The minimum Gasteiger partial charge on any atom is -0.324 e. The van der Waals surface area contributed by atoms with Crippen LogP contribution in [0.3, 0.4) is 0 Å². The average Bonchev–Trinajstić information content (AvgIpc) is 2.99. The molecular formula is C15H24ClN3O3S. The van der Waals surface area contributed by atoms with Crippen LogP contribution in [0.4, 0.5) is 5.69 Å². The summed E-state index contributed by atoms with van der Waals surface area (Å²) in [6, 6.07) is 4.91. The summed E-state index contributed by atoms with van der Waals surface area (Å²) in [6.45, 7) is 4.53. The van der Waals surface area contributed by atoms with Crippen molar-refractivity contribution in [2.75, 3.05) is 18.9 Å². The molecule has 1 aliphatic heterocycles. The zero-order valence-corrected chi connectivity index (χ0v) is 15.2. The zero-order valence-electron chi connectivity index (χ0n) is 13.6. The Hall–Kier alpha value is -1.15. The fourth-order valence-corrected chi connectivity index (χ4v) is 3.78. The standard InChI is InChI=1S/C15H23N3O3S.ClH/c1-4-15(8-5-9-17-15)14(19)18-12-7-6-11(2)13(10-12)22(20,21)16-3;/h6-7,10,16-17H,4-5,8-9H2,1-3H3,(H,18,19);1H. The van der Waals surface area contributed by atoms with Crippen LogP contribution in [0.1, 0.15) is 31.7 Å². The van der Waals surface area contributed by atoms with Crippen molar-refractivity contribution in [1.82, 2.24) is 10.0 Å². The molecule has 1 aromatic rings. The lowest BCUT2D eigenvalue weighted by Gasteiger charge is -2.26. The molecule has 1 heterocycles. The van der Waals surface area contributed by atoms with Gasteiger partial charge in [0.1, 0.15) is 0 Å². The number of carbonyl (C=O) groups excluding carboxylic acids is 1. The van der Waals surface area contributed by atoms with Crippen molar-refractivity contribution >= 4 is 34.0 Å². The van der Waals surface area contributed by atoms with Gasteiger partial charge in [-0.3, -0.25) is 4.79 Å². The summed E-state index contributed by atoms with van der Waals surface area (Å²) < 4.78 is 26.3. The number of amides is 1. The quantitative estimate of drug-likeness (QED) is 0.746. The summed E-state index contributed by atoms with van der Waals surface area (Å²) in [5.74, 6) is -0.107. The van der Waals surface area contributed by atoms with E-state index in [0.29, 0.717) is 17.7 Å². The highest BCUT2D eigenvalue weighted by molar-refractivity contribution is 7.89. The van der Waals surface area contributed by atoms with Crippen LogP contribution >= 0.6 is 12.4 Å². The maximum atomic E-state index is 12.5. The molecule has 0 saturated carbocycles. The molecule has 1 atom stereocenters. The minimum absolute atomic E-state index is 0. The Labute approximate surface area is 143 Å². The van der Waals surface area contributed by atoms with E-state index in [-0.39, 0.29) is 23.2 Å². The van der Waals surface area contributed by atoms with Crippen LogP contribution in [0.2, 0.25) is 0 Å². The molecule has 8 heteroatoms. The Bertz CT molecular complexity index is 671. The number of nitrogens with one attached hydrogen (secondary N) is 3. The van der Waals surface area contributed by atoms with E-state index < -0.39 is 15.6 Å².